The topological polar surface area (TPSA) is 59.1 Å². The molecule has 0 unspecified atom stereocenters. The molecule has 0 bridgehead atoms. The van der Waals surface area contributed by atoms with Crippen LogP contribution in [0.4, 0.5) is 4.79 Å². The van der Waals surface area contributed by atoms with Gasteiger partial charge in [-0.25, -0.2) is 4.79 Å². The summed E-state index contributed by atoms with van der Waals surface area (Å²) in [5, 5.41) is 0. The summed E-state index contributed by atoms with van der Waals surface area (Å²) in [5.74, 6) is 0.949. The molecule has 1 aliphatic rings. The summed E-state index contributed by atoms with van der Waals surface area (Å²) in [7, 11) is 0. The fourth-order valence-electron chi connectivity index (χ4n) is 2.74. The van der Waals surface area contributed by atoms with Crippen molar-refractivity contribution in [2.24, 2.45) is 0 Å². The zero-order valence-corrected chi connectivity index (χ0v) is 16.3. The van der Waals surface area contributed by atoms with E-state index in [1.165, 1.54) is 0 Å². The number of benzene rings is 1. The Balaban J connectivity index is 1.66. The van der Waals surface area contributed by atoms with E-state index < -0.39 is 5.60 Å². The number of aryl methyl sites for hydroxylation is 1. The van der Waals surface area contributed by atoms with E-state index in [-0.39, 0.29) is 12.0 Å². The predicted octanol–water partition coefficient (Wildman–Crippen LogP) is 3.23. The fourth-order valence-corrected chi connectivity index (χ4v) is 2.74. The number of hydrogen-bond donors (Lipinski definition) is 0. The van der Waals surface area contributed by atoms with Gasteiger partial charge in [0.2, 0.25) is 5.91 Å². The highest BCUT2D eigenvalue weighted by atomic mass is 16.6. The second-order valence-corrected chi connectivity index (χ2v) is 7.62. The van der Waals surface area contributed by atoms with Crippen LogP contribution >= 0.6 is 0 Å². The number of carbonyl (C=O) groups excluding carboxylic acids is 2. The smallest absolute Gasteiger partial charge is 0.410 e. The minimum atomic E-state index is -0.499. The van der Waals surface area contributed by atoms with Gasteiger partial charge in [0.25, 0.3) is 0 Å². The molecule has 26 heavy (non-hydrogen) atoms. The second kappa shape index (κ2) is 8.92. The number of carbonyl (C=O) groups is 2. The van der Waals surface area contributed by atoms with E-state index >= 15 is 0 Å². The highest BCUT2D eigenvalue weighted by Gasteiger charge is 2.27. The van der Waals surface area contributed by atoms with E-state index in [0.717, 1.165) is 11.3 Å². The molecule has 1 heterocycles. The monoisotopic (exact) mass is 362 g/mol. The Labute approximate surface area is 156 Å². The van der Waals surface area contributed by atoms with Crippen LogP contribution in [-0.2, 0) is 9.53 Å². The van der Waals surface area contributed by atoms with Crippen molar-refractivity contribution >= 4 is 12.0 Å². The maximum Gasteiger partial charge on any atom is 0.410 e. The highest BCUT2D eigenvalue weighted by molar-refractivity contribution is 5.76. The van der Waals surface area contributed by atoms with Crippen LogP contribution < -0.4 is 4.74 Å². The zero-order chi connectivity index (χ0) is 19.2. The molecule has 0 N–H and O–H groups in total. The van der Waals surface area contributed by atoms with E-state index in [1.807, 2.05) is 56.9 Å². The van der Waals surface area contributed by atoms with E-state index in [2.05, 4.69) is 0 Å². The van der Waals surface area contributed by atoms with Gasteiger partial charge in [0, 0.05) is 32.6 Å². The standard InChI is InChI=1S/C20H30N2O4/c1-16-7-5-8-17(15-16)25-14-6-9-18(23)21-10-12-22(13-11-21)19(24)26-20(2,3)4/h5,7-8,15H,6,9-14H2,1-4H3. The van der Waals surface area contributed by atoms with Gasteiger partial charge in [0.1, 0.15) is 11.4 Å². The van der Waals surface area contributed by atoms with Gasteiger partial charge in [0.05, 0.1) is 6.61 Å². The van der Waals surface area contributed by atoms with Crippen LogP contribution in [0.3, 0.4) is 0 Å². The molecule has 1 aromatic rings. The second-order valence-electron chi connectivity index (χ2n) is 7.62. The first kappa shape index (κ1) is 20.1. The summed E-state index contributed by atoms with van der Waals surface area (Å²) in [6.45, 7) is 10.2. The van der Waals surface area contributed by atoms with Crippen molar-refractivity contribution in [3.63, 3.8) is 0 Å². The van der Waals surface area contributed by atoms with Crippen LogP contribution in [0.2, 0.25) is 0 Å². The molecule has 6 heteroatoms. The lowest BCUT2D eigenvalue weighted by Crippen LogP contribution is -2.51. The van der Waals surface area contributed by atoms with Crippen molar-refractivity contribution in [1.29, 1.82) is 0 Å². The maximum absolute atomic E-state index is 12.3. The van der Waals surface area contributed by atoms with Gasteiger partial charge in [-0.05, 0) is 51.8 Å². The lowest BCUT2D eigenvalue weighted by molar-refractivity contribution is -0.133. The summed E-state index contributed by atoms with van der Waals surface area (Å²) in [4.78, 5) is 27.8. The molecule has 2 amide bonds. The summed E-state index contributed by atoms with van der Waals surface area (Å²) >= 11 is 0. The number of hydrogen-bond acceptors (Lipinski definition) is 4. The van der Waals surface area contributed by atoms with Crippen molar-refractivity contribution in [2.45, 2.75) is 46.1 Å². The van der Waals surface area contributed by atoms with Crippen LogP contribution in [0.5, 0.6) is 5.75 Å². The third kappa shape index (κ3) is 6.58. The summed E-state index contributed by atoms with van der Waals surface area (Å²) < 4.78 is 11.0. The van der Waals surface area contributed by atoms with Crippen LogP contribution in [0.25, 0.3) is 0 Å². The Kier molecular flexibility index (Phi) is 6.89. The molecule has 2 rings (SSSR count). The van der Waals surface area contributed by atoms with Crippen LogP contribution in [-0.4, -0.2) is 60.2 Å². The van der Waals surface area contributed by atoms with Gasteiger partial charge in [-0.15, -0.1) is 0 Å². The first-order chi connectivity index (χ1) is 12.2. The molecule has 1 fully saturated rings. The molecule has 0 aromatic heterocycles. The highest BCUT2D eigenvalue weighted by Crippen LogP contribution is 2.14. The molecule has 0 radical (unpaired) electrons. The lowest BCUT2D eigenvalue weighted by Gasteiger charge is -2.35. The molecule has 0 saturated carbocycles. The molecule has 6 nitrogen and oxygen atoms in total. The van der Waals surface area contributed by atoms with Crippen molar-refractivity contribution in [3.8, 4) is 5.75 Å². The maximum atomic E-state index is 12.3. The Hall–Kier alpha value is -2.24. The lowest BCUT2D eigenvalue weighted by atomic mass is 10.2. The summed E-state index contributed by atoms with van der Waals surface area (Å²) in [6.07, 6.45) is 0.827. The number of piperazine rings is 1. The molecule has 1 aliphatic heterocycles. The SMILES string of the molecule is Cc1cccc(OCCCC(=O)N2CCN(C(=O)OC(C)(C)C)CC2)c1. The van der Waals surface area contributed by atoms with Crippen LogP contribution in [0, 0.1) is 6.92 Å². The number of rotatable bonds is 5. The molecule has 1 aromatic carbocycles. The normalized spacial score (nSPS) is 14.9. The first-order valence-electron chi connectivity index (χ1n) is 9.20. The molecular formula is C20H30N2O4. The zero-order valence-electron chi connectivity index (χ0n) is 16.3. The Morgan fingerprint density at radius 2 is 1.73 bits per heavy atom. The number of ether oxygens (including phenoxy) is 2. The number of amides is 2. The molecular weight excluding hydrogens is 332 g/mol. The number of nitrogens with zero attached hydrogens (tertiary/aromatic N) is 2. The first-order valence-corrected chi connectivity index (χ1v) is 9.20. The third-order valence-electron chi connectivity index (χ3n) is 4.08. The minimum Gasteiger partial charge on any atom is -0.494 e. The van der Waals surface area contributed by atoms with E-state index in [9.17, 15) is 9.59 Å². The Morgan fingerprint density at radius 3 is 2.35 bits per heavy atom. The summed E-state index contributed by atoms with van der Waals surface area (Å²) in [6, 6.07) is 7.88. The third-order valence-corrected chi connectivity index (χ3v) is 4.08. The van der Waals surface area contributed by atoms with Gasteiger partial charge >= 0.3 is 6.09 Å². The van der Waals surface area contributed by atoms with Crippen molar-refractivity contribution in [3.05, 3.63) is 29.8 Å². The largest absolute Gasteiger partial charge is 0.494 e. The van der Waals surface area contributed by atoms with Gasteiger partial charge in [0.15, 0.2) is 0 Å². The fraction of sp³-hybridized carbons (Fsp3) is 0.600. The van der Waals surface area contributed by atoms with Gasteiger partial charge in [-0.2, -0.15) is 0 Å². The van der Waals surface area contributed by atoms with Crippen LogP contribution in [0.15, 0.2) is 24.3 Å². The Bertz CT molecular complexity index is 616. The quantitative estimate of drug-likeness (QED) is 0.755. The van der Waals surface area contributed by atoms with E-state index in [0.29, 0.717) is 45.6 Å². The van der Waals surface area contributed by atoms with E-state index in [4.69, 9.17) is 9.47 Å². The van der Waals surface area contributed by atoms with Gasteiger partial charge in [-0.1, -0.05) is 12.1 Å². The average molecular weight is 362 g/mol. The van der Waals surface area contributed by atoms with Crippen molar-refractivity contribution < 1.29 is 19.1 Å². The van der Waals surface area contributed by atoms with Gasteiger partial charge in [-0.3, -0.25) is 4.79 Å². The minimum absolute atomic E-state index is 0.113. The molecule has 144 valence electrons. The molecule has 1 saturated heterocycles. The Morgan fingerprint density at radius 1 is 1.08 bits per heavy atom. The molecule has 0 aliphatic carbocycles. The molecule has 0 spiro atoms. The molecule has 0 atom stereocenters. The summed E-state index contributed by atoms with van der Waals surface area (Å²) in [5.41, 5.74) is 0.655. The predicted molar refractivity (Wildman–Crippen MR) is 100 cm³/mol. The van der Waals surface area contributed by atoms with E-state index in [1.54, 1.807) is 4.90 Å². The van der Waals surface area contributed by atoms with Gasteiger partial charge < -0.3 is 19.3 Å². The van der Waals surface area contributed by atoms with Crippen LogP contribution in [0.1, 0.15) is 39.2 Å². The van der Waals surface area contributed by atoms with Crippen molar-refractivity contribution in [2.75, 3.05) is 32.8 Å². The van der Waals surface area contributed by atoms with Crippen molar-refractivity contribution in [1.82, 2.24) is 9.80 Å². The average Bonchev–Trinajstić information content (AvgIpc) is 2.57.